The first-order valence-electron chi connectivity index (χ1n) is 6.90. The van der Waals surface area contributed by atoms with Crippen LogP contribution in [0.25, 0.3) is 10.9 Å². The molecule has 1 heterocycles. The van der Waals surface area contributed by atoms with Crippen LogP contribution in [0.3, 0.4) is 0 Å². The van der Waals surface area contributed by atoms with E-state index >= 15 is 0 Å². The first-order chi connectivity index (χ1) is 11.0. The second kappa shape index (κ2) is 5.93. The van der Waals surface area contributed by atoms with Crippen molar-refractivity contribution < 1.29 is 13.9 Å². The zero-order valence-corrected chi connectivity index (χ0v) is 13.3. The summed E-state index contributed by atoms with van der Waals surface area (Å²) >= 11 is 5.73. The summed E-state index contributed by atoms with van der Waals surface area (Å²) in [5, 5.41) is 3.52. The minimum atomic E-state index is -0.529. The van der Waals surface area contributed by atoms with Crippen molar-refractivity contribution in [3.05, 3.63) is 59.0 Å². The van der Waals surface area contributed by atoms with Crippen LogP contribution in [-0.2, 0) is 7.05 Å². The number of anilines is 1. The maximum Gasteiger partial charge on any atom is 0.272 e. The summed E-state index contributed by atoms with van der Waals surface area (Å²) < 4.78 is 20.3. The van der Waals surface area contributed by atoms with Crippen molar-refractivity contribution in [2.75, 3.05) is 12.4 Å². The van der Waals surface area contributed by atoms with Crippen LogP contribution in [-0.4, -0.2) is 17.6 Å². The molecule has 1 N–H and O–H groups in total. The minimum absolute atomic E-state index is 0.0403. The number of benzene rings is 2. The lowest BCUT2D eigenvalue weighted by Crippen LogP contribution is -2.15. The van der Waals surface area contributed by atoms with Crippen LogP contribution in [0.2, 0.25) is 5.02 Å². The van der Waals surface area contributed by atoms with E-state index in [0.29, 0.717) is 17.1 Å². The molecule has 0 aliphatic heterocycles. The topological polar surface area (TPSA) is 43.3 Å². The van der Waals surface area contributed by atoms with Crippen molar-refractivity contribution in [1.82, 2.24) is 4.57 Å². The van der Waals surface area contributed by atoms with Gasteiger partial charge in [0.1, 0.15) is 17.3 Å². The first kappa shape index (κ1) is 15.4. The van der Waals surface area contributed by atoms with E-state index in [1.54, 1.807) is 24.8 Å². The molecule has 1 aromatic heterocycles. The molecule has 2 aromatic carbocycles. The number of amides is 1. The van der Waals surface area contributed by atoms with Crippen molar-refractivity contribution >= 4 is 34.1 Å². The van der Waals surface area contributed by atoms with Gasteiger partial charge in [0.15, 0.2) is 0 Å². The van der Waals surface area contributed by atoms with Crippen molar-refractivity contribution in [3.63, 3.8) is 0 Å². The molecule has 0 atom stereocenters. The molecule has 1 amide bonds. The van der Waals surface area contributed by atoms with Crippen LogP contribution >= 0.6 is 11.6 Å². The zero-order valence-electron chi connectivity index (χ0n) is 12.6. The lowest BCUT2D eigenvalue weighted by atomic mass is 10.2. The number of ether oxygens (including phenoxy) is 1. The number of aromatic nitrogens is 1. The normalized spacial score (nSPS) is 10.8. The highest BCUT2D eigenvalue weighted by atomic mass is 35.5. The highest BCUT2D eigenvalue weighted by molar-refractivity contribution is 6.31. The number of carbonyl (C=O) groups excluding carboxylic acids is 1. The second-order valence-corrected chi connectivity index (χ2v) is 5.47. The monoisotopic (exact) mass is 332 g/mol. The van der Waals surface area contributed by atoms with Crippen LogP contribution in [0.1, 0.15) is 10.5 Å². The van der Waals surface area contributed by atoms with Gasteiger partial charge in [0.2, 0.25) is 0 Å². The molecule has 4 nitrogen and oxygen atoms in total. The van der Waals surface area contributed by atoms with Crippen molar-refractivity contribution in [1.29, 1.82) is 0 Å². The van der Waals surface area contributed by atoms with Crippen molar-refractivity contribution in [3.8, 4) is 5.75 Å². The van der Waals surface area contributed by atoms with Crippen LogP contribution < -0.4 is 10.1 Å². The first-order valence-corrected chi connectivity index (χ1v) is 7.28. The van der Waals surface area contributed by atoms with Gasteiger partial charge in [-0.15, -0.1) is 0 Å². The van der Waals surface area contributed by atoms with Crippen molar-refractivity contribution in [2.24, 2.45) is 7.05 Å². The van der Waals surface area contributed by atoms with E-state index in [1.807, 2.05) is 18.2 Å². The maximum absolute atomic E-state index is 13.2. The van der Waals surface area contributed by atoms with E-state index < -0.39 is 5.82 Å². The Labute approximate surface area is 137 Å². The molecular weight excluding hydrogens is 319 g/mol. The Bertz CT molecular complexity index is 905. The standard InChI is InChI=1S/C17H14ClFN2O2/c1-21-14-4-3-5-16(23-2)11(14)9-15(21)17(22)20-10-6-7-13(19)12(18)8-10/h3-9H,1-2H3,(H,20,22). The molecule has 0 unspecified atom stereocenters. The number of nitrogens with zero attached hydrogens (tertiary/aromatic N) is 1. The van der Waals surface area contributed by atoms with Gasteiger partial charge in [-0.1, -0.05) is 17.7 Å². The number of methoxy groups -OCH3 is 1. The molecule has 3 aromatic rings. The highest BCUT2D eigenvalue weighted by Gasteiger charge is 2.16. The average Bonchev–Trinajstić information content (AvgIpc) is 2.88. The quantitative estimate of drug-likeness (QED) is 0.780. The fraction of sp³-hybridized carbons (Fsp3) is 0.118. The molecule has 0 fully saturated rings. The Morgan fingerprint density at radius 2 is 2.04 bits per heavy atom. The number of hydrogen-bond acceptors (Lipinski definition) is 2. The maximum atomic E-state index is 13.2. The smallest absolute Gasteiger partial charge is 0.272 e. The Hall–Kier alpha value is -2.53. The lowest BCUT2D eigenvalue weighted by molar-refractivity contribution is 0.101. The van der Waals surface area contributed by atoms with Crippen LogP contribution in [0.5, 0.6) is 5.75 Å². The molecule has 0 saturated heterocycles. The molecule has 118 valence electrons. The number of aryl methyl sites for hydroxylation is 1. The Balaban J connectivity index is 1.97. The predicted octanol–water partition coefficient (Wildman–Crippen LogP) is 4.23. The molecule has 0 radical (unpaired) electrons. The molecule has 0 aliphatic rings. The number of halogens is 2. The van der Waals surface area contributed by atoms with Gasteiger partial charge >= 0.3 is 0 Å². The average molecular weight is 333 g/mol. The fourth-order valence-corrected chi connectivity index (χ4v) is 2.68. The highest BCUT2D eigenvalue weighted by Crippen LogP contribution is 2.28. The molecule has 6 heteroatoms. The van der Waals surface area contributed by atoms with E-state index in [2.05, 4.69) is 5.32 Å². The number of nitrogens with one attached hydrogen (secondary N) is 1. The third kappa shape index (κ3) is 2.75. The Kier molecular flexibility index (Phi) is 3.96. The van der Waals surface area contributed by atoms with Gasteiger partial charge < -0.3 is 14.6 Å². The minimum Gasteiger partial charge on any atom is -0.496 e. The van der Waals surface area contributed by atoms with Crippen LogP contribution in [0, 0.1) is 5.82 Å². The summed E-state index contributed by atoms with van der Waals surface area (Å²) in [6.07, 6.45) is 0. The summed E-state index contributed by atoms with van der Waals surface area (Å²) in [5.41, 5.74) is 1.77. The predicted molar refractivity (Wildman–Crippen MR) is 88.8 cm³/mol. The van der Waals surface area contributed by atoms with E-state index in [0.717, 1.165) is 10.9 Å². The van der Waals surface area contributed by atoms with Crippen LogP contribution in [0.15, 0.2) is 42.5 Å². The van der Waals surface area contributed by atoms with Gasteiger partial charge in [0, 0.05) is 18.1 Å². The third-order valence-electron chi connectivity index (χ3n) is 3.68. The summed E-state index contributed by atoms with van der Waals surface area (Å²) in [6.45, 7) is 0. The fourth-order valence-electron chi connectivity index (χ4n) is 2.50. The van der Waals surface area contributed by atoms with Gasteiger partial charge in [0.25, 0.3) is 5.91 Å². The summed E-state index contributed by atoms with van der Waals surface area (Å²) in [5.74, 6) is -0.144. The van der Waals surface area contributed by atoms with E-state index in [9.17, 15) is 9.18 Å². The lowest BCUT2D eigenvalue weighted by Gasteiger charge is -2.07. The van der Waals surface area contributed by atoms with Crippen molar-refractivity contribution in [2.45, 2.75) is 0 Å². The molecule has 23 heavy (non-hydrogen) atoms. The molecule has 0 spiro atoms. The molecule has 0 saturated carbocycles. The SMILES string of the molecule is COc1cccc2c1cc(C(=O)Nc1ccc(F)c(Cl)c1)n2C. The Morgan fingerprint density at radius 3 is 2.74 bits per heavy atom. The van der Waals surface area contributed by atoms with E-state index in [1.165, 1.54) is 18.2 Å². The van der Waals surface area contributed by atoms with Gasteiger partial charge in [-0.25, -0.2) is 4.39 Å². The van der Waals surface area contributed by atoms with Gasteiger partial charge in [-0.3, -0.25) is 4.79 Å². The van der Waals surface area contributed by atoms with Gasteiger partial charge in [0.05, 0.1) is 17.6 Å². The Morgan fingerprint density at radius 1 is 1.26 bits per heavy atom. The third-order valence-corrected chi connectivity index (χ3v) is 3.97. The summed E-state index contributed by atoms with van der Waals surface area (Å²) in [7, 11) is 3.39. The summed E-state index contributed by atoms with van der Waals surface area (Å²) in [6, 6.07) is 11.4. The number of fused-ring (bicyclic) bond motifs is 1. The van der Waals surface area contributed by atoms with E-state index in [-0.39, 0.29) is 10.9 Å². The number of hydrogen-bond donors (Lipinski definition) is 1. The molecular formula is C17H14ClFN2O2. The molecule has 3 rings (SSSR count). The van der Waals surface area contributed by atoms with Gasteiger partial charge in [-0.05, 0) is 36.4 Å². The van der Waals surface area contributed by atoms with Crippen LogP contribution in [0.4, 0.5) is 10.1 Å². The summed E-state index contributed by atoms with van der Waals surface area (Å²) in [4.78, 5) is 12.5. The molecule has 0 aliphatic carbocycles. The zero-order chi connectivity index (χ0) is 16.6. The second-order valence-electron chi connectivity index (χ2n) is 5.06. The number of rotatable bonds is 3. The molecule has 0 bridgehead atoms. The van der Waals surface area contributed by atoms with Gasteiger partial charge in [-0.2, -0.15) is 0 Å². The van der Waals surface area contributed by atoms with E-state index in [4.69, 9.17) is 16.3 Å². The largest absolute Gasteiger partial charge is 0.496 e. The number of carbonyl (C=O) groups is 1.